The second kappa shape index (κ2) is 14.8. The molecule has 0 radical (unpaired) electrons. The summed E-state index contributed by atoms with van der Waals surface area (Å²) in [5, 5.41) is 12.8. The van der Waals surface area contributed by atoms with E-state index in [4.69, 9.17) is 33.2 Å². The lowest BCUT2D eigenvalue weighted by molar-refractivity contribution is -0.334. The van der Waals surface area contributed by atoms with Crippen LogP contribution in [-0.2, 0) is 61.9 Å². The van der Waals surface area contributed by atoms with Gasteiger partial charge in [0, 0.05) is 45.6 Å². The fraction of sp³-hybridized carbons (Fsp3) is 0.595. The Balaban J connectivity index is 2.16. The number of ketones is 1. The topological polar surface area (TPSA) is 204 Å². The maximum Gasteiger partial charge on any atom is 0.338 e. The fourth-order valence-corrected chi connectivity index (χ4v) is 7.99. The zero-order valence-electron chi connectivity index (χ0n) is 30.7. The van der Waals surface area contributed by atoms with Crippen molar-refractivity contribution in [1.29, 1.82) is 0 Å². The van der Waals surface area contributed by atoms with E-state index in [2.05, 4.69) is 6.58 Å². The van der Waals surface area contributed by atoms with Crippen molar-refractivity contribution in [1.82, 2.24) is 0 Å². The maximum absolute atomic E-state index is 14.4. The van der Waals surface area contributed by atoms with Crippen LogP contribution < -0.4 is 0 Å². The van der Waals surface area contributed by atoms with Crippen molar-refractivity contribution in [3.8, 4) is 0 Å². The van der Waals surface area contributed by atoms with Gasteiger partial charge in [-0.15, -0.1) is 0 Å². The van der Waals surface area contributed by atoms with Crippen molar-refractivity contribution in [3.05, 3.63) is 48.0 Å². The number of carbonyl (C=O) groups is 7. The van der Waals surface area contributed by atoms with E-state index >= 15 is 0 Å². The van der Waals surface area contributed by atoms with Gasteiger partial charge >= 0.3 is 35.8 Å². The molecule has 2 heterocycles. The second-order valence-corrected chi connectivity index (χ2v) is 14.3. The predicted molar refractivity (Wildman–Crippen MR) is 177 cm³/mol. The largest absolute Gasteiger partial charge is 0.462 e. The van der Waals surface area contributed by atoms with Crippen molar-refractivity contribution >= 4 is 41.6 Å². The van der Waals surface area contributed by atoms with Gasteiger partial charge in [0.25, 0.3) is 0 Å². The monoisotopic (exact) mass is 730 g/mol. The second-order valence-electron chi connectivity index (χ2n) is 14.3. The van der Waals surface area contributed by atoms with Gasteiger partial charge in [-0.2, -0.15) is 0 Å². The molecule has 1 aromatic carbocycles. The van der Waals surface area contributed by atoms with Crippen molar-refractivity contribution in [3.63, 3.8) is 0 Å². The highest BCUT2D eigenvalue weighted by atomic mass is 16.7. The first-order chi connectivity index (χ1) is 24.1. The Labute approximate surface area is 301 Å². The van der Waals surface area contributed by atoms with Gasteiger partial charge < -0.3 is 38.3 Å². The van der Waals surface area contributed by atoms with Crippen LogP contribution in [0.25, 0.3) is 0 Å². The Hall–Kier alpha value is -4.63. The van der Waals surface area contributed by atoms with E-state index < -0.39 is 113 Å². The lowest BCUT2D eigenvalue weighted by Gasteiger charge is -2.49. The lowest BCUT2D eigenvalue weighted by Crippen LogP contribution is -2.66. The molecule has 1 saturated carbocycles. The van der Waals surface area contributed by atoms with Gasteiger partial charge in [-0.25, -0.2) is 4.79 Å². The molecule has 4 rings (SSSR count). The van der Waals surface area contributed by atoms with Gasteiger partial charge in [0.05, 0.1) is 17.4 Å². The molecule has 3 fully saturated rings. The summed E-state index contributed by atoms with van der Waals surface area (Å²) >= 11 is 0. The van der Waals surface area contributed by atoms with Gasteiger partial charge in [-0.05, 0) is 24.5 Å². The Kier molecular flexibility index (Phi) is 11.4. The zero-order valence-corrected chi connectivity index (χ0v) is 30.7. The number of esters is 6. The molecule has 0 amide bonds. The maximum atomic E-state index is 14.4. The summed E-state index contributed by atoms with van der Waals surface area (Å²) in [6.07, 6.45) is -10.4. The summed E-state index contributed by atoms with van der Waals surface area (Å²) < 4.78 is 41.7. The van der Waals surface area contributed by atoms with Gasteiger partial charge in [0.1, 0.15) is 18.3 Å². The van der Waals surface area contributed by atoms with Gasteiger partial charge in [-0.3, -0.25) is 28.8 Å². The summed E-state index contributed by atoms with van der Waals surface area (Å²) in [5.74, 6) is -12.7. The van der Waals surface area contributed by atoms with Crippen LogP contribution in [0.2, 0.25) is 0 Å². The van der Waals surface area contributed by atoms with Crippen LogP contribution in [0.3, 0.4) is 0 Å². The van der Waals surface area contributed by atoms with Crippen LogP contribution in [0.15, 0.2) is 42.5 Å². The third-order valence-electron chi connectivity index (χ3n) is 10.1. The van der Waals surface area contributed by atoms with Gasteiger partial charge in [0.2, 0.25) is 5.79 Å². The van der Waals surface area contributed by atoms with Crippen LogP contribution in [0.5, 0.6) is 0 Å². The molecular formula is C37H46O15. The molecule has 1 N–H and O–H groups in total. The Bertz CT molecular complexity index is 1630. The molecule has 11 atom stereocenters. The van der Waals surface area contributed by atoms with Crippen LogP contribution >= 0.6 is 0 Å². The SMILES string of the molecule is C=C1[C@@H](OC(C)=O)[C@@H](OC(=O)c2ccccc2)[C@@H](OC(C)=O)C(C)(C)[C@H]2O[C@@](O)([C@H](C)C2=O)[C@]2(OC(C)=O)C[C@@H](C)[C@@H](OC(C)=O)C2[C@H]1OC(C)=O. The Morgan fingerprint density at radius 3 is 1.83 bits per heavy atom. The molecule has 2 bridgehead atoms. The number of fused-ring (bicyclic) bond motifs is 4. The van der Waals surface area contributed by atoms with Gasteiger partial charge in [0.15, 0.2) is 29.7 Å². The minimum absolute atomic E-state index is 0.0459. The minimum Gasteiger partial charge on any atom is -0.462 e. The summed E-state index contributed by atoms with van der Waals surface area (Å²) in [6, 6.07) is 7.68. The van der Waals surface area contributed by atoms with E-state index in [1.165, 1.54) is 32.9 Å². The number of benzene rings is 1. The quantitative estimate of drug-likeness (QED) is 0.243. The predicted octanol–water partition coefficient (Wildman–Crippen LogP) is 2.79. The Morgan fingerprint density at radius 1 is 0.769 bits per heavy atom. The molecule has 1 unspecified atom stereocenters. The number of Topliss-reactive ketones (excluding diaryl/α,β-unsaturated/α-hetero) is 1. The number of rotatable bonds is 7. The van der Waals surface area contributed by atoms with E-state index in [0.717, 1.165) is 34.6 Å². The summed E-state index contributed by atoms with van der Waals surface area (Å²) in [4.78, 5) is 92.5. The van der Waals surface area contributed by atoms with E-state index in [-0.39, 0.29) is 17.6 Å². The first kappa shape index (κ1) is 40.1. The van der Waals surface area contributed by atoms with E-state index in [9.17, 15) is 38.7 Å². The molecule has 0 spiro atoms. The normalized spacial score (nSPS) is 35.2. The van der Waals surface area contributed by atoms with E-state index in [1.54, 1.807) is 25.1 Å². The average Bonchev–Trinajstić information content (AvgIpc) is 3.45. The van der Waals surface area contributed by atoms with Crippen LogP contribution in [0, 0.1) is 23.2 Å². The van der Waals surface area contributed by atoms with E-state index in [0.29, 0.717) is 0 Å². The van der Waals surface area contributed by atoms with Gasteiger partial charge in [-0.1, -0.05) is 52.5 Å². The minimum atomic E-state index is -2.71. The van der Waals surface area contributed by atoms with Crippen molar-refractivity contribution in [2.75, 3.05) is 0 Å². The number of hydrogen-bond acceptors (Lipinski definition) is 15. The number of hydrogen-bond donors (Lipinski definition) is 1. The lowest BCUT2D eigenvalue weighted by atomic mass is 9.68. The molecule has 2 saturated heterocycles. The molecule has 15 heteroatoms. The zero-order chi connectivity index (χ0) is 39.1. The molecule has 3 aliphatic rings. The highest BCUT2D eigenvalue weighted by Crippen LogP contribution is 2.60. The summed E-state index contributed by atoms with van der Waals surface area (Å²) in [7, 11) is 0. The number of ether oxygens (including phenoxy) is 7. The summed E-state index contributed by atoms with van der Waals surface area (Å²) in [6.45, 7) is 15.4. The molecular weight excluding hydrogens is 684 g/mol. The number of aliphatic hydroxyl groups is 1. The molecule has 284 valence electrons. The first-order valence-electron chi connectivity index (χ1n) is 16.9. The molecule has 52 heavy (non-hydrogen) atoms. The first-order valence-corrected chi connectivity index (χ1v) is 16.9. The van der Waals surface area contributed by atoms with Crippen LogP contribution in [0.1, 0.15) is 79.1 Å². The highest BCUT2D eigenvalue weighted by Gasteiger charge is 2.77. The average molecular weight is 731 g/mol. The molecule has 1 aliphatic carbocycles. The summed E-state index contributed by atoms with van der Waals surface area (Å²) in [5.41, 5.74) is -4.28. The van der Waals surface area contributed by atoms with Crippen LogP contribution in [-0.4, -0.2) is 94.7 Å². The standard InChI is InChI=1S/C37H46O15/c1-17-16-36(51-24(8)42)26(28(17)46-20(4)38)29(47-21(5)39)18(2)30(48-22(6)40)31(50-34(44)25-14-12-11-13-15-25)33(49-23(7)41)35(9,10)32-27(43)19(3)37(36,45)52-32/h11-15,17,19,26,28-33,45H,2,16H2,1,3-10H3/t17-,19-,26?,28-,29+,30-,31-,32+,33-,36+,37+/m1/s1. The molecule has 2 aliphatic heterocycles. The van der Waals surface area contributed by atoms with Crippen LogP contribution in [0.4, 0.5) is 0 Å². The highest BCUT2D eigenvalue weighted by molar-refractivity contribution is 5.90. The smallest absolute Gasteiger partial charge is 0.338 e. The van der Waals surface area contributed by atoms with E-state index in [1.807, 2.05) is 0 Å². The third kappa shape index (κ3) is 7.20. The Morgan fingerprint density at radius 2 is 1.31 bits per heavy atom. The molecule has 0 aromatic heterocycles. The van der Waals surface area contributed by atoms with Crippen molar-refractivity contribution < 1.29 is 71.8 Å². The molecule has 1 aromatic rings. The van der Waals surface area contributed by atoms with Crippen molar-refractivity contribution in [2.45, 2.75) is 117 Å². The number of carbonyl (C=O) groups excluding carboxylic acids is 7. The fourth-order valence-electron chi connectivity index (χ4n) is 7.99. The van der Waals surface area contributed by atoms with Crippen molar-refractivity contribution in [2.24, 2.45) is 23.2 Å². The molecule has 15 nitrogen and oxygen atoms in total. The third-order valence-corrected chi connectivity index (χ3v) is 10.1.